The highest BCUT2D eigenvalue weighted by Crippen LogP contribution is 2.54. The zero-order valence-corrected chi connectivity index (χ0v) is 23.9. The zero-order chi connectivity index (χ0) is 32.4. The molecule has 44 heavy (non-hydrogen) atoms. The molecule has 0 aliphatic heterocycles. The Morgan fingerprint density at radius 1 is 0.955 bits per heavy atom. The second kappa shape index (κ2) is 17.9. The van der Waals surface area contributed by atoms with E-state index >= 15 is 0 Å². The molecule has 0 spiro atoms. The third-order valence-corrected chi connectivity index (χ3v) is 7.02. The van der Waals surface area contributed by atoms with Gasteiger partial charge in [-0.25, -0.2) is 14.2 Å². The van der Waals surface area contributed by atoms with Crippen molar-refractivity contribution in [1.29, 1.82) is 0 Å². The quantitative estimate of drug-likeness (QED) is 0.0461. The lowest BCUT2D eigenvalue weighted by Gasteiger charge is -2.27. The molecule has 1 atom stereocenters. The van der Waals surface area contributed by atoms with E-state index in [4.69, 9.17) is 39.7 Å². The average Bonchev–Trinajstić information content (AvgIpc) is 2.98. The number of carbonyl (C=O) groups is 2. The minimum Gasteiger partial charge on any atom is -0.475 e. The number of hydrogen-bond donors (Lipinski definition) is 3. The highest BCUT2D eigenvalue weighted by atomic mass is 31.2. The maximum absolute atomic E-state index is 14.3. The van der Waals surface area contributed by atoms with Crippen molar-refractivity contribution >= 4 is 25.3 Å². The summed E-state index contributed by atoms with van der Waals surface area (Å²) in [5.74, 6) is -3.47. The van der Waals surface area contributed by atoms with Crippen molar-refractivity contribution in [3.05, 3.63) is 101 Å². The van der Waals surface area contributed by atoms with E-state index in [1.807, 2.05) is 0 Å². The molecule has 0 radical (unpaired) electrons. The summed E-state index contributed by atoms with van der Waals surface area (Å²) in [7, 11) is -4.15. The van der Waals surface area contributed by atoms with Crippen LogP contribution in [-0.4, -0.2) is 55.5 Å². The number of carboxylic acids is 1. The summed E-state index contributed by atoms with van der Waals surface area (Å²) < 4.78 is 68.7. The molecule has 13 nitrogen and oxygen atoms in total. The lowest BCUT2D eigenvalue weighted by Crippen LogP contribution is -2.34. The van der Waals surface area contributed by atoms with E-state index < -0.39 is 31.7 Å². The van der Waals surface area contributed by atoms with Crippen molar-refractivity contribution in [1.82, 2.24) is 5.32 Å². The first-order valence-electron chi connectivity index (χ1n) is 12.7. The summed E-state index contributed by atoms with van der Waals surface area (Å²) in [5.41, 5.74) is 15.3. The van der Waals surface area contributed by atoms with Crippen LogP contribution in [-0.2, 0) is 25.3 Å². The Bertz CT molecular complexity index is 1370. The van der Waals surface area contributed by atoms with Crippen LogP contribution in [0.4, 0.5) is 23.7 Å². The second-order valence-electron chi connectivity index (χ2n) is 8.45. The molecular formula is C27H29F3N5O8P. The Morgan fingerprint density at radius 2 is 1.48 bits per heavy atom. The van der Waals surface area contributed by atoms with Gasteiger partial charge in [-0.15, -0.1) is 0 Å². The molecule has 1 amide bonds. The molecule has 0 fully saturated rings. The van der Waals surface area contributed by atoms with Crippen LogP contribution in [0.15, 0.2) is 90.0 Å². The fourth-order valence-corrected chi connectivity index (χ4v) is 4.87. The predicted molar refractivity (Wildman–Crippen MR) is 153 cm³/mol. The highest BCUT2D eigenvalue weighted by Gasteiger charge is 2.43. The number of azide groups is 1. The van der Waals surface area contributed by atoms with Gasteiger partial charge in [-0.1, -0.05) is 53.6 Å². The first-order chi connectivity index (χ1) is 20.9. The third kappa shape index (κ3) is 13.4. The van der Waals surface area contributed by atoms with E-state index in [0.29, 0.717) is 22.7 Å². The molecule has 3 aromatic carbocycles. The number of nitrogens with zero attached hydrogens (tertiary/aromatic N) is 3. The Hall–Kier alpha value is -4.91. The molecule has 0 aliphatic carbocycles. The number of alkyl carbamates (subject to hydrolysis) is 1. The number of para-hydroxylation sites is 2. The number of rotatable bonds is 14. The van der Waals surface area contributed by atoms with Gasteiger partial charge in [-0.05, 0) is 47.5 Å². The van der Waals surface area contributed by atoms with Gasteiger partial charge in [0.25, 0.3) is 0 Å². The van der Waals surface area contributed by atoms with Crippen LogP contribution in [0, 0.1) is 0 Å². The van der Waals surface area contributed by atoms with Crippen molar-refractivity contribution in [2.24, 2.45) is 5.11 Å². The molecule has 17 heteroatoms. The van der Waals surface area contributed by atoms with Crippen molar-refractivity contribution in [2.75, 3.05) is 32.0 Å². The van der Waals surface area contributed by atoms with Crippen LogP contribution >= 0.6 is 7.60 Å². The van der Waals surface area contributed by atoms with Gasteiger partial charge < -0.3 is 34.7 Å². The van der Waals surface area contributed by atoms with Gasteiger partial charge in [0.05, 0.1) is 13.2 Å². The van der Waals surface area contributed by atoms with E-state index in [9.17, 15) is 22.5 Å². The number of amides is 1. The first-order valence-corrected chi connectivity index (χ1v) is 14.3. The Morgan fingerprint density at radius 3 is 1.95 bits per heavy atom. The van der Waals surface area contributed by atoms with Crippen molar-refractivity contribution in [3.63, 3.8) is 0 Å². The molecule has 0 aromatic heterocycles. The summed E-state index contributed by atoms with van der Waals surface area (Å²) in [6.07, 6.45) is -5.87. The van der Waals surface area contributed by atoms with Gasteiger partial charge in [0.15, 0.2) is 0 Å². The third-order valence-electron chi connectivity index (χ3n) is 5.09. The number of halogens is 3. The number of aliphatic carboxylic acids is 1. The molecule has 3 aromatic rings. The number of carboxylic acid groups (broad SMARTS) is 1. The second-order valence-corrected chi connectivity index (χ2v) is 10.5. The number of nitrogens with two attached hydrogens (primary N) is 1. The Kier molecular flexibility index (Phi) is 14.4. The summed E-state index contributed by atoms with van der Waals surface area (Å²) in [6.45, 7) is 0.678. The average molecular weight is 640 g/mol. The van der Waals surface area contributed by atoms with Gasteiger partial charge >= 0.3 is 25.8 Å². The lowest BCUT2D eigenvalue weighted by molar-refractivity contribution is -0.192. The smallest absolute Gasteiger partial charge is 0.475 e. The molecule has 0 aliphatic rings. The van der Waals surface area contributed by atoms with Gasteiger partial charge in [0, 0.05) is 30.1 Å². The highest BCUT2D eigenvalue weighted by molar-refractivity contribution is 7.55. The van der Waals surface area contributed by atoms with E-state index in [0.717, 1.165) is 0 Å². The van der Waals surface area contributed by atoms with E-state index in [1.165, 1.54) is 0 Å². The van der Waals surface area contributed by atoms with Crippen LogP contribution in [0.25, 0.3) is 10.4 Å². The molecule has 0 saturated heterocycles. The van der Waals surface area contributed by atoms with Crippen LogP contribution in [0.5, 0.6) is 11.5 Å². The molecule has 0 bridgehead atoms. The minimum absolute atomic E-state index is 0.0350. The summed E-state index contributed by atoms with van der Waals surface area (Å²) in [6, 6.07) is 23.9. The first kappa shape index (κ1) is 35.3. The van der Waals surface area contributed by atoms with Crippen molar-refractivity contribution < 1.29 is 51.0 Å². The number of alkyl halides is 3. The number of anilines is 1. The summed E-state index contributed by atoms with van der Waals surface area (Å²) in [5, 5.41) is 13.0. The molecule has 3 rings (SSSR count). The van der Waals surface area contributed by atoms with E-state index in [2.05, 4.69) is 15.3 Å². The molecule has 236 valence electrons. The van der Waals surface area contributed by atoms with Crippen LogP contribution in [0.2, 0.25) is 0 Å². The van der Waals surface area contributed by atoms with Crippen LogP contribution in [0.1, 0.15) is 5.56 Å². The van der Waals surface area contributed by atoms with Gasteiger partial charge in [0.1, 0.15) is 11.5 Å². The number of ether oxygens (including phenoxy) is 2. The molecule has 0 heterocycles. The number of benzene rings is 3. The van der Waals surface area contributed by atoms with Crippen molar-refractivity contribution in [3.8, 4) is 11.5 Å². The Labute approximate surface area is 249 Å². The number of nitrogens with one attached hydrogen (secondary N) is 1. The van der Waals surface area contributed by atoms with Gasteiger partial charge in [-0.2, -0.15) is 13.2 Å². The monoisotopic (exact) mass is 639 g/mol. The largest absolute Gasteiger partial charge is 0.490 e. The predicted octanol–water partition coefficient (Wildman–Crippen LogP) is 6.17. The van der Waals surface area contributed by atoms with E-state index in [1.54, 1.807) is 84.9 Å². The zero-order valence-electron chi connectivity index (χ0n) is 23.0. The topological polar surface area (TPSA) is 195 Å². The number of carbonyl (C=O) groups excluding carboxylic acids is 1. The van der Waals surface area contributed by atoms with Crippen LogP contribution in [0.3, 0.4) is 0 Å². The fraction of sp³-hybridized carbons (Fsp3) is 0.259. The number of hydrogen-bond acceptors (Lipinski definition) is 9. The lowest BCUT2D eigenvalue weighted by atomic mass is 10.1. The molecule has 4 N–H and O–H groups in total. The summed E-state index contributed by atoms with van der Waals surface area (Å²) >= 11 is 0. The maximum atomic E-state index is 14.3. The molecule has 1 unspecified atom stereocenters. The van der Waals surface area contributed by atoms with Gasteiger partial charge in [0.2, 0.25) is 5.85 Å². The SMILES string of the molecule is O=C(O)C(F)(F)F.[N-]=[N+]=NCCOCCNC(=O)OC(Cc1ccc(N)cc1)P(=O)(Oc1ccccc1)Oc1ccccc1. The Balaban J connectivity index is 0.000000860. The normalized spacial score (nSPS) is 11.5. The van der Waals surface area contributed by atoms with E-state index in [-0.39, 0.29) is 32.7 Å². The molecule has 0 saturated carbocycles. The van der Waals surface area contributed by atoms with Crippen molar-refractivity contribution in [2.45, 2.75) is 18.4 Å². The van der Waals surface area contributed by atoms with Crippen LogP contribution < -0.4 is 20.1 Å². The van der Waals surface area contributed by atoms with Gasteiger partial charge in [-0.3, -0.25) is 0 Å². The molecular weight excluding hydrogens is 610 g/mol. The minimum atomic E-state index is -5.08. The summed E-state index contributed by atoms with van der Waals surface area (Å²) in [4.78, 5) is 24.2. The fourth-order valence-electron chi connectivity index (χ4n) is 3.11. The standard InChI is InChI=1S/C25H28N5O6P.C2HF3O2/c26-21-13-11-20(12-14-21)19-24(34-25(31)28-15-17-33-18-16-29-30-27)37(32,35-22-7-3-1-4-8-22)36-23-9-5-2-6-10-23;3-2(4,5)1(6)7/h1-14,24H,15-19,26H2,(H,28,31);(H,6,7). The number of nitrogen functional groups attached to an aromatic ring is 1. The maximum Gasteiger partial charge on any atom is 0.490 e.